The summed E-state index contributed by atoms with van der Waals surface area (Å²) < 4.78 is 26.8. The smallest absolute Gasteiger partial charge is 0.244 e. The highest BCUT2D eigenvalue weighted by Gasteiger charge is 2.34. The molecule has 1 N–H and O–H groups in total. The summed E-state index contributed by atoms with van der Waals surface area (Å²) in [6.45, 7) is 4.16. The molecule has 18 heavy (non-hydrogen) atoms. The fourth-order valence-electron chi connectivity index (χ4n) is 1.94. The molecule has 4 nitrogen and oxygen atoms in total. The first-order valence-electron chi connectivity index (χ1n) is 6.16. The molecule has 0 spiro atoms. The normalized spacial score (nSPS) is 16.7. The summed E-state index contributed by atoms with van der Waals surface area (Å²) in [6, 6.07) is 1.54. The van der Waals surface area contributed by atoms with E-state index in [0.717, 1.165) is 12.8 Å². The summed E-state index contributed by atoms with van der Waals surface area (Å²) in [4.78, 5) is 0.792. The molecule has 1 aromatic heterocycles. The van der Waals surface area contributed by atoms with Crippen LogP contribution < -0.4 is 0 Å². The van der Waals surface area contributed by atoms with E-state index in [0.29, 0.717) is 17.3 Å². The summed E-state index contributed by atoms with van der Waals surface area (Å²) in [5, 5.41) is 10.9. The van der Waals surface area contributed by atoms with Crippen LogP contribution in [0.15, 0.2) is 16.3 Å². The number of rotatable bonds is 6. The van der Waals surface area contributed by atoms with Crippen molar-refractivity contribution in [1.82, 2.24) is 4.31 Å². The molecule has 1 fully saturated rings. The molecule has 1 aromatic rings. The monoisotopic (exact) mass is 289 g/mol. The van der Waals surface area contributed by atoms with E-state index >= 15 is 0 Å². The van der Waals surface area contributed by atoms with E-state index in [9.17, 15) is 13.5 Å². The maximum Gasteiger partial charge on any atom is 0.244 e. The van der Waals surface area contributed by atoms with E-state index in [1.807, 2.05) is 13.8 Å². The van der Waals surface area contributed by atoms with Crippen molar-refractivity contribution >= 4 is 21.4 Å². The number of hydrogen-bond acceptors (Lipinski definition) is 4. The molecule has 0 unspecified atom stereocenters. The van der Waals surface area contributed by atoms with Crippen molar-refractivity contribution in [1.29, 1.82) is 0 Å². The van der Waals surface area contributed by atoms with Gasteiger partial charge in [0.1, 0.15) is 0 Å². The van der Waals surface area contributed by atoms with Gasteiger partial charge in [-0.1, -0.05) is 0 Å². The number of hydrogen-bond donors (Lipinski definition) is 1. The largest absolute Gasteiger partial charge is 0.391 e. The van der Waals surface area contributed by atoms with Crippen molar-refractivity contribution in [3.05, 3.63) is 16.3 Å². The molecule has 0 aromatic carbocycles. The fourth-order valence-corrected chi connectivity index (χ4v) is 4.92. The average Bonchev–Trinajstić information content (AvgIpc) is 2.99. The molecule has 0 radical (unpaired) electrons. The third-order valence-electron chi connectivity index (χ3n) is 3.15. The van der Waals surface area contributed by atoms with E-state index < -0.39 is 10.0 Å². The Morgan fingerprint density at radius 1 is 1.50 bits per heavy atom. The van der Waals surface area contributed by atoms with Crippen molar-refractivity contribution < 1.29 is 13.5 Å². The second-order valence-corrected chi connectivity index (χ2v) is 7.84. The maximum absolute atomic E-state index is 12.6. The van der Waals surface area contributed by atoms with Crippen molar-refractivity contribution in [2.45, 2.75) is 44.2 Å². The number of aliphatic hydroxyl groups excluding tert-OH is 1. The summed E-state index contributed by atoms with van der Waals surface area (Å²) in [7, 11) is -3.47. The van der Waals surface area contributed by atoms with Gasteiger partial charge in [-0.15, -0.1) is 11.3 Å². The van der Waals surface area contributed by atoms with Gasteiger partial charge in [0.25, 0.3) is 0 Å². The quantitative estimate of drug-likeness (QED) is 0.872. The lowest BCUT2D eigenvalue weighted by Crippen LogP contribution is -2.38. The number of aliphatic hydroxyl groups is 1. The van der Waals surface area contributed by atoms with Crippen LogP contribution in [0.1, 0.15) is 31.6 Å². The minimum absolute atomic E-state index is 0.0537. The third-order valence-corrected chi connectivity index (χ3v) is 6.31. The van der Waals surface area contributed by atoms with E-state index in [2.05, 4.69) is 0 Å². The predicted molar refractivity (Wildman–Crippen MR) is 72.0 cm³/mol. The van der Waals surface area contributed by atoms with Crippen molar-refractivity contribution in [3.63, 3.8) is 0 Å². The van der Waals surface area contributed by atoms with Gasteiger partial charge in [-0.05, 0) is 44.1 Å². The zero-order valence-corrected chi connectivity index (χ0v) is 12.3. The first kappa shape index (κ1) is 14.0. The molecule has 1 aliphatic rings. The molecule has 1 heterocycles. The van der Waals surface area contributed by atoms with Crippen LogP contribution in [0.4, 0.5) is 0 Å². The van der Waals surface area contributed by atoms with Crippen molar-refractivity contribution in [2.24, 2.45) is 5.92 Å². The highest BCUT2D eigenvalue weighted by Crippen LogP contribution is 2.33. The Labute approximate surface area is 112 Å². The molecule has 1 aliphatic carbocycles. The topological polar surface area (TPSA) is 57.6 Å². The Balaban J connectivity index is 2.32. The summed E-state index contributed by atoms with van der Waals surface area (Å²) >= 11 is 1.28. The Morgan fingerprint density at radius 3 is 2.67 bits per heavy atom. The van der Waals surface area contributed by atoms with Crippen LogP contribution in [0.5, 0.6) is 0 Å². The zero-order chi connectivity index (χ0) is 13.3. The molecule has 0 bridgehead atoms. The minimum Gasteiger partial charge on any atom is -0.391 e. The van der Waals surface area contributed by atoms with Crippen molar-refractivity contribution in [2.75, 3.05) is 6.54 Å². The highest BCUT2D eigenvalue weighted by atomic mass is 32.2. The molecular formula is C12H19NO3S2. The Hall–Kier alpha value is -0.430. The van der Waals surface area contributed by atoms with E-state index in [-0.39, 0.29) is 17.5 Å². The molecule has 0 atom stereocenters. The molecule has 0 amide bonds. The fraction of sp³-hybridized carbons (Fsp3) is 0.667. The number of thiophene rings is 1. The predicted octanol–water partition coefficient (Wildman–Crippen LogP) is 2.05. The summed E-state index contributed by atoms with van der Waals surface area (Å²) in [5.41, 5.74) is 0. The van der Waals surface area contributed by atoms with Gasteiger partial charge >= 0.3 is 0 Å². The lowest BCUT2D eigenvalue weighted by molar-refractivity contribution is 0.281. The van der Waals surface area contributed by atoms with Gasteiger partial charge in [-0.3, -0.25) is 0 Å². The molecule has 0 saturated heterocycles. The first-order chi connectivity index (χ1) is 8.46. The highest BCUT2D eigenvalue weighted by molar-refractivity contribution is 7.89. The van der Waals surface area contributed by atoms with Gasteiger partial charge in [-0.25, -0.2) is 8.42 Å². The van der Waals surface area contributed by atoms with Gasteiger partial charge in [0.2, 0.25) is 10.0 Å². The molecular weight excluding hydrogens is 270 g/mol. The third kappa shape index (κ3) is 2.77. The van der Waals surface area contributed by atoms with Gasteiger partial charge in [0.15, 0.2) is 0 Å². The van der Waals surface area contributed by atoms with Gasteiger partial charge in [0, 0.05) is 17.5 Å². The minimum atomic E-state index is -3.47. The molecule has 2 rings (SSSR count). The van der Waals surface area contributed by atoms with Crippen LogP contribution in [-0.2, 0) is 16.6 Å². The SMILES string of the molecule is CC(C)N(CC1CC1)S(=O)(=O)c1ccsc1CO. The molecule has 102 valence electrons. The average molecular weight is 289 g/mol. The number of sulfonamides is 1. The lowest BCUT2D eigenvalue weighted by Gasteiger charge is -2.25. The zero-order valence-electron chi connectivity index (χ0n) is 10.7. The van der Waals surface area contributed by atoms with E-state index in [1.54, 1.807) is 15.8 Å². The van der Waals surface area contributed by atoms with Crippen LogP contribution in [0.3, 0.4) is 0 Å². The van der Waals surface area contributed by atoms with Crippen LogP contribution in [-0.4, -0.2) is 30.4 Å². The maximum atomic E-state index is 12.6. The van der Waals surface area contributed by atoms with E-state index in [4.69, 9.17) is 0 Å². The Kier molecular flexibility index (Phi) is 4.11. The Morgan fingerprint density at radius 2 is 2.17 bits per heavy atom. The van der Waals surface area contributed by atoms with Gasteiger partial charge in [-0.2, -0.15) is 4.31 Å². The summed E-state index contributed by atoms with van der Waals surface area (Å²) in [6.07, 6.45) is 2.24. The second kappa shape index (κ2) is 5.28. The number of nitrogens with zero attached hydrogens (tertiary/aromatic N) is 1. The van der Waals surface area contributed by atoms with Gasteiger partial charge < -0.3 is 5.11 Å². The van der Waals surface area contributed by atoms with E-state index in [1.165, 1.54) is 11.3 Å². The summed E-state index contributed by atoms with van der Waals surface area (Å²) in [5.74, 6) is 0.512. The van der Waals surface area contributed by atoms with Crippen LogP contribution in [0.2, 0.25) is 0 Å². The Bertz CT molecular complexity index is 503. The molecule has 1 saturated carbocycles. The van der Waals surface area contributed by atoms with Gasteiger partial charge in [0.05, 0.1) is 11.5 Å². The molecule has 0 aliphatic heterocycles. The van der Waals surface area contributed by atoms with Crippen LogP contribution in [0, 0.1) is 5.92 Å². The lowest BCUT2D eigenvalue weighted by atomic mass is 10.3. The first-order valence-corrected chi connectivity index (χ1v) is 8.48. The standard InChI is InChI=1S/C12H19NO3S2/c1-9(2)13(7-10-3-4-10)18(15,16)12-5-6-17-11(12)8-14/h5-6,9-10,14H,3-4,7-8H2,1-2H3. The van der Waals surface area contributed by atoms with Crippen molar-refractivity contribution in [3.8, 4) is 0 Å². The molecule has 6 heteroatoms. The van der Waals surface area contributed by atoms with Crippen LogP contribution in [0.25, 0.3) is 0 Å². The van der Waals surface area contributed by atoms with Crippen LogP contribution >= 0.6 is 11.3 Å². The second-order valence-electron chi connectivity index (χ2n) is 4.98.